The summed E-state index contributed by atoms with van der Waals surface area (Å²) in [6.45, 7) is 3.52. The van der Waals surface area contributed by atoms with Crippen molar-refractivity contribution in [2.75, 3.05) is 0 Å². The Labute approximate surface area is 172 Å². The largest absolute Gasteiger partial charge is 0.431 e. The Hall–Kier alpha value is -3.15. The summed E-state index contributed by atoms with van der Waals surface area (Å²) in [4.78, 5) is 5.66. The molecule has 3 heterocycles. The number of rotatable bonds is 2. The minimum atomic E-state index is -4.46. The first-order valence-corrected chi connectivity index (χ1v) is 9.64. The lowest BCUT2D eigenvalue weighted by Crippen LogP contribution is -2.28. The minimum absolute atomic E-state index is 0.317. The smallest absolute Gasteiger partial charge is 0.313 e. The lowest BCUT2D eigenvalue weighted by atomic mass is 9.96. The molecule has 0 aliphatic carbocycles. The van der Waals surface area contributed by atoms with E-state index in [-0.39, 0.29) is 5.82 Å². The summed E-state index contributed by atoms with van der Waals surface area (Å²) >= 11 is 0. The van der Waals surface area contributed by atoms with Gasteiger partial charge in [0.05, 0.1) is 5.69 Å². The molecule has 1 aromatic carbocycles. The van der Waals surface area contributed by atoms with E-state index in [1.54, 1.807) is 37.4 Å². The van der Waals surface area contributed by atoms with Crippen molar-refractivity contribution in [3.63, 3.8) is 0 Å². The number of alkyl halides is 3. The second kappa shape index (κ2) is 7.59. The highest BCUT2D eigenvalue weighted by Crippen LogP contribution is 2.40. The summed E-state index contributed by atoms with van der Waals surface area (Å²) in [5.41, 5.74) is 3.83. The van der Waals surface area contributed by atoms with Crippen LogP contribution in [0.25, 0.3) is 16.8 Å². The third kappa shape index (κ3) is 3.70. The van der Waals surface area contributed by atoms with Gasteiger partial charge in [0, 0.05) is 34.8 Å². The quantitative estimate of drug-likeness (QED) is 0.498. The molecule has 154 valence electrons. The first-order valence-electron chi connectivity index (χ1n) is 9.64. The maximum Gasteiger partial charge on any atom is 0.431 e. The SMILES string of the molecule is CC1=C2C=CC(c3cccnc3-c3ccc(F)c(C)c3)=CN2C(C(F)(F)F)=CCC1. The molecule has 0 bridgehead atoms. The molecular formula is C24H20F4N2. The van der Waals surface area contributed by atoms with E-state index in [2.05, 4.69) is 4.98 Å². The molecule has 6 heteroatoms. The molecule has 0 unspecified atom stereocenters. The average Bonchev–Trinajstić information content (AvgIpc) is 2.88. The van der Waals surface area contributed by atoms with E-state index in [1.165, 1.54) is 23.2 Å². The van der Waals surface area contributed by atoms with Gasteiger partial charge in [0.2, 0.25) is 0 Å². The van der Waals surface area contributed by atoms with Crippen molar-refractivity contribution in [2.24, 2.45) is 0 Å². The molecule has 2 aliphatic rings. The molecule has 4 rings (SSSR count). The second-order valence-corrected chi connectivity index (χ2v) is 7.44. The van der Waals surface area contributed by atoms with Crippen LogP contribution in [-0.4, -0.2) is 16.1 Å². The van der Waals surface area contributed by atoms with Crippen molar-refractivity contribution in [1.29, 1.82) is 0 Å². The number of pyridine rings is 1. The number of fused-ring (bicyclic) bond motifs is 1. The summed E-state index contributed by atoms with van der Waals surface area (Å²) in [5, 5.41) is 0. The second-order valence-electron chi connectivity index (χ2n) is 7.44. The fourth-order valence-corrected chi connectivity index (χ4v) is 3.77. The van der Waals surface area contributed by atoms with Crippen LogP contribution in [-0.2, 0) is 0 Å². The monoisotopic (exact) mass is 412 g/mol. The van der Waals surface area contributed by atoms with Crippen LogP contribution < -0.4 is 0 Å². The Morgan fingerprint density at radius 1 is 1.07 bits per heavy atom. The molecule has 0 saturated heterocycles. The van der Waals surface area contributed by atoms with Crippen molar-refractivity contribution in [1.82, 2.24) is 9.88 Å². The van der Waals surface area contributed by atoms with E-state index in [1.807, 2.05) is 19.1 Å². The number of benzene rings is 1. The number of allylic oxidation sites excluding steroid dienone is 6. The van der Waals surface area contributed by atoms with Crippen LogP contribution in [0, 0.1) is 12.7 Å². The highest BCUT2D eigenvalue weighted by molar-refractivity contribution is 5.85. The third-order valence-electron chi connectivity index (χ3n) is 5.34. The van der Waals surface area contributed by atoms with Crippen molar-refractivity contribution >= 4 is 5.57 Å². The van der Waals surface area contributed by atoms with Gasteiger partial charge in [0.15, 0.2) is 0 Å². The van der Waals surface area contributed by atoms with E-state index >= 15 is 0 Å². The number of aryl methyl sites for hydroxylation is 1. The standard InChI is InChI=1S/C24H20F4N2/c1-15-5-3-7-22(24(26,27)28)30-14-18(9-11-21(15)30)19-6-4-12-29-23(19)17-8-10-20(25)16(2)13-17/h4,6-14H,3,5H2,1-2H3. The van der Waals surface area contributed by atoms with Crippen LogP contribution in [0.2, 0.25) is 0 Å². The van der Waals surface area contributed by atoms with Crippen molar-refractivity contribution < 1.29 is 17.6 Å². The van der Waals surface area contributed by atoms with Gasteiger partial charge in [-0.25, -0.2) is 4.39 Å². The summed E-state index contributed by atoms with van der Waals surface area (Å²) in [5.74, 6) is -0.317. The Morgan fingerprint density at radius 3 is 2.60 bits per heavy atom. The number of nitrogens with zero attached hydrogens (tertiary/aromatic N) is 2. The molecule has 0 N–H and O–H groups in total. The summed E-state index contributed by atoms with van der Waals surface area (Å²) < 4.78 is 54.9. The molecule has 0 saturated carbocycles. The van der Waals surface area contributed by atoms with Crippen LogP contribution in [0.4, 0.5) is 17.6 Å². The van der Waals surface area contributed by atoms with Gasteiger partial charge in [-0.05, 0) is 68.2 Å². The van der Waals surface area contributed by atoms with E-state index in [0.29, 0.717) is 46.5 Å². The molecule has 1 aromatic heterocycles. The van der Waals surface area contributed by atoms with Crippen LogP contribution in [0.5, 0.6) is 0 Å². The first-order chi connectivity index (χ1) is 14.3. The predicted molar refractivity (Wildman–Crippen MR) is 109 cm³/mol. The van der Waals surface area contributed by atoms with Crippen LogP contribution in [0.1, 0.15) is 30.9 Å². The maximum atomic E-state index is 13.7. The van der Waals surface area contributed by atoms with Crippen LogP contribution in [0.15, 0.2) is 77.9 Å². The van der Waals surface area contributed by atoms with E-state index in [9.17, 15) is 17.6 Å². The molecule has 0 fully saturated rings. The molecule has 0 radical (unpaired) electrons. The zero-order valence-corrected chi connectivity index (χ0v) is 16.6. The zero-order valence-electron chi connectivity index (χ0n) is 16.6. The molecule has 2 aliphatic heterocycles. The average molecular weight is 412 g/mol. The van der Waals surface area contributed by atoms with E-state index in [4.69, 9.17) is 0 Å². The van der Waals surface area contributed by atoms with Crippen LogP contribution >= 0.6 is 0 Å². The summed E-state index contributed by atoms with van der Waals surface area (Å²) in [6.07, 6.45) is 4.36. The number of hydrogen-bond donors (Lipinski definition) is 0. The van der Waals surface area contributed by atoms with Crippen molar-refractivity contribution in [2.45, 2.75) is 32.9 Å². The van der Waals surface area contributed by atoms with Gasteiger partial charge < -0.3 is 4.90 Å². The van der Waals surface area contributed by atoms with Gasteiger partial charge in [0.1, 0.15) is 11.5 Å². The fourth-order valence-electron chi connectivity index (χ4n) is 3.77. The fraction of sp³-hybridized carbons (Fsp3) is 0.208. The molecule has 2 nitrogen and oxygen atoms in total. The Balaban J connectivity index is 1.85. The topological polar surface area (TPSA) is 16.1 Å². The summed E-state index contributed by atoms with van der Waals surface area (Å²) in [7, 11) is 0. The van der Waals surface area contributed by atoms with Crippen molar-refractivity contribution in [3.8, 4) is 11.3 Å². The number of halogens is 4. The summed E-state index contributed by atoms with van der Waals surface area (Å²) in [6, 6.07) is 8.25. The molecule has 0 atom stereocenters. The highest BCUT2D eigenvalue weighted by Gasteiger charge is 2.39. The van der Waals surface area contributed by atoms with E-state index < -0.39 is 11.9 Å². The van der Waals surface area contributed by atoms with Gasteiger partial charge in [0.25, 0.3) is 0 Å². The lowest BCUT2D eigenvalue weighted by Gasteiger charge is -2.30. The Kier molecular flexibility index (Phi) is 5.10. The van der Waals surface area contributed by atoms with Gasteiger partial charge in [-0.15, -0.1) is 0 Å². The lowest BCUT2D eigenvalue weighted by molar-refractivity contribution is -0.105. The molecule has 30 heavy (non-hydrogen) atoms. The zero-order chi connectivity index (χ0) is 21.5. The van der Waals surface area contributed by atoms with Gasteiger partial charge in [-0.2, -0.15) is 13.2 Å². The van der Waals surface area contributed by atoms with Gasteiger partial charge >= 0.3 is 6.18 Å². The van der Waals surface area contributed by atoms with Gasteiger partial charge in [-0.1, -0.05) is 18.2 Å². The maximum absolute atomic E-state index is 13.7. The molecule has 0 amide bonds. The van der Waals surface area contributed by atoms with Crippen molar-refractivity contribution in [3.05, 3.63) is 94.9 Å². The predicted octanol–water partition coefficient (Wildman–Crippen LogP) is 6.92. The van der Waals surface area contributed by atoms with E-state index in [0.717, 1.165) is 5.57 Å². The molecular weight excluding hydrogens is 392 g/mol. The van der Waals surface area contributed by atoms with Crippen LogP contribution in [0.3, 0.4) is 0 Å². The normalized spacial score (nSPS) is 16.8. The third-order valence-corrected chi connectivity index (χ3v) is 5.34. The van der Waals surface area contributed by atoms with Gasteiger partial charge in [-0.3, -0.25) is 4.98 Å². The number of aromatic nitrogens is 1. The minimum Gasteiger partial charge on any atom is -0.313 e. The number of hydrogen-bond acceptors (Lipinski definition) is 2. The Bertz CT molecular complexity index is 1120. The molecule has 0 spiro atoms. The highest BCUT2D eigenvalue weighted by atomic mass is 19.4. The molecule has 2 aromatic rings. The first kappa shape index (κ1) is 20.1. The Morgan fingerprint density at radius 2 is 1.87 bits per heavy atom.